The quantitative estimate of drug-likeness (QED) is 0.824. The van der Waals surface area contributed by atoms with Gasteiger partial charge in [0.1, 0.15) is 5.56 Å². The first kappa shape index (κ1) is 13.9. The molecule has 0 amide bonds. The van der Waals surface area contributed by atoms with Crippen LogP contribution in [-0.4, -0.2) is 22.4 Å². The molecule has 0 aromatic carbocycles. The molecule has 100 valence electrons. The van der Waals surface area contributed by atoms with Crippen LogP contribution in [0, 0.1) is 0 Å². The van der Waals surface area contributed by atoms with Crippen molar-refractivity contribution in [1.29, 1.82) is 0 Å². The van der Waals surface area contributed by atoms with Crippen molar-refractivity contribution in [2.75, 3.05) is 0 Å². The third kappa shape index (κ3) is 3.18. The van der Waals surface area contributed by atoms with Gasteiger partial charge in [0.2, 0.25) is 5.75 Å². The summed E-state index contributed by atoms with van der Waals surface area (Å²) in [5.41, 5.74) is -4.12. The third-order valence-corrected chi connectivity index (χ3v) is 1.69. The number of hydrogen-bond acceptors (Lipinski definition) is 3. The van der Waals surface area contributed by atoms with Gasteiger partial charge in [-0.25, -0.2) is 13.6 Å². The summed E-state index contributed by atoms with van der Waals surface area (Å²) in [7, 11) is 0. The van der Waals surface area contributed by atoms with Crippen LogP contribution < -0.4 is 10.3 Å². The predicted molar refractivity (Wildman–Crippen MR) is 45.7 cm³/mol. The molecule has 1 rings (SSSR count). The van der Waals surface area contributed by atoms with E-state index in [1.807, 2.05) is 0 Å². The SMILES string of the molecule is O=C(O)c1cc(C(F)F)[nH]c(=O)c1OC(F)(F)F. The van der Waals surface area contributed by atoms with Crippen molar-refractivity contribution in [3.8, 4) is 5.75 Å². The van der Waals surface area contributed by atoms with Gasteiger partial charge in [-0.05, 0) is 6.07 Å². The van der Waals surface area contributed by atoms with Gasteiger partial charge >= 0.3 is 12.3 Å². The van der Waals surface area contributed by atoms with Gasteiger partial charge in [-0.3, -0.25) is 4.79 Å². The fraction of sp³-hybridized carbons (Fsp3) is 0.250. The molecule has 0 aliphatic rings. The highest BCUT2D eigenvalue weighted by Gasteiger charge is 2.35. The third-order valence-electron chi connectivity index (χ3n) is 1.69. The second-order valence-corrected chi connectivity index (χ2v) is 2.95. The zero-order valence-electron chi connectivity index (χ0n) is 8.22. The van der Waals surface area contributed by atoms with Crippen LogP contribution in [0.25, 0.3) is 0 Å². The minimum atomic E-state index is -5.32. The smallest absolute Gasteiger partial charge is 0.478 e. The van der Waals surface area contributed by atoms with E-state index in [1.165, 1.54) is 4.98 Å². The molecule has 0 fully saturated rings. The van der Waals surface area contributed by atoms with Crippen LogP contribution in [0.4, 0.5) is 22.0 Å². The molecule has 18 heavy (non-hydrogen) atoms. The Morgan fingerprint density at radius 1 is 1.39 bits per heavy atom. The lowest BCUT2D eigenvalue weighted by Crippen LogP contribution is -2.26. The van der Waals surface area contributed by atoms with Gasteiger partial charge in [-0.1, -0.05) is 0 Å². The fourth-order valence-electron chi connectivity index (χ4n) is 1.06. The molecule has 0 saturated carbocycles. The van der Waals surface area contributed by atoms with Crippen LogP contribution in [0.2, 0.25) is 0 Å². The normalized spacial score (nSPS) is 11.7. The number of rotatable bonds is 3. The van der Waals surface area contributed by atoms with Gasteiger partial charge in [-0.2, -0.15) is 0 Å². The number of halogens is 5. The summed E-state index contributed by atoms with van der Waals surface area (Å²) in [5.74, 6) is -3.60. The summed E-state index contributed by atoms with van der Waals surface area (Å²) in [5, 5.41) is 8.55. The van der Waals surface area contributed by atoms with E-state index in [0.29, 0.717) is 0 Å². The maximum absolute atomic E-state index is 12.2. The second-order valence-electron chi connectivity index (χ2n) is 2.95. The van der Waals surface area contributed by atoms with Crippen molar-refractivity contribution in [3.63, 3.8) is 0 Å². The number of H-pyrrole nitrogens is 1. The first-order valence-corrected chi connectivity index (χ1v) is 4.16. The number of nitrogens with one attached hydrogen (secondary N) is 1. The topological polar surface area (TPSA) is 79.4 Å². The summed E-state index contributed by atoms with van der Waals surface area (Å²) >= 11 is 0. The van der Waals surface area contributed by atoms with Gasteiger partial charge in [0.25, 0.3) is 12.0 Å². The van der Waals surface area contributed by atoms with Crippen molar-refractivity contribution in [2.45, 2.75) is 12.8 Å². The number of carbonyl (C=O) groups is 1. The Bertz CT molecular complexity index is 521. The predicted octanol–water partition coefficient (Wildman–Crippen LogP) is 1.91. The molecule has 10 heteroatoms. The number of alkyl halides is 5. The number of aromatic nitrogens is 1. The van der Waals surface area contributed by atoms with Gasteiger partial charge in [0, 0.05) is 0 Å². The van der Waals surface area contributed by atoms with Gasteiger partial charge in [-0.15, -0.1) is 13.2 Å². The van der Waals surface area contributed by atoms with Crippen molar-refractivity contribution < 1.29 is 36.6 Å². The highest BCUT2D eigenvalue weighted by atomic mass is 19.4. The number of pyridine rings is 1. The van der Waals surface area contributed by atoms with Crippen LogP contribution in [-0.2, 0) is 0 Å². The first-order valence-electron chi connectivity index (χ1n) is 4.16. The summed E-state index contributed by atoms with van der Waals surface area (Å²) in [6.07, 6.45) is -8.56. The molecular weight excluding hydrogens is 269 g/mol. The first-order chi connectivity index (χ1) is 8.11. The van der Waals surface area contributed by atoms with Crippen LogP contribution >= 0.6 is 0 Å². The van der Waals surface area contributed by atoms with E-state index in [1.54, 1.807) is 0 Å². The monoisotopic (exact) mass is 273 g/mol. The zero-order valence-corrected chi connectivity index (χ0v) is 8.22. The van der Waals surface area contributed by atoms with Crippen LogP contribution in [0.5, 0.6) is 5.75 Å². The molecular formula is C8H4F5NO4. The Morgan fingerprint density at radius 2 is 1.94 bits per heavy atom. The van der Waals surface area contributed by atoms with Crippen molar-refractivity contribution >= 4 is 5.97 Å². The molecule has 0 saturated heterocycles. The van der Waals surface area contributed by atoms with Crippen molar-refractivity contribution in [2.24, 2.45) is 0 Å². The highest BCUT2D eigenvalue weighted by molar-refractivity contribution is 5.90. The van der Waals surface area contributed by atoms with Crippen LogP contribution in [0.15, 0.2) is 10.9 Å². The van der Waals surface area contributed by atoms with Crippen molar-refractivity contribution in [3.05, 3.63) is 27.7 Å². The molecule has 2 N–H and O–H groups in total. The number of carboxylic acid groups (broad SMARTS) is 1. The molecule has 0 atom stereocenters. The minimum Gasteiger partial charge on any atom is -0.478 e. The largest absolute Gasteiger partial charge is 0.573 e. The average Bonchev–Trinajstić information content (AvgIpc) is 2.18. The molecule has 0 unspecified atom stereocenters. The molecule has 1 aromatic heterocycles. The average molecular weight is 273 g/mol. The Labute approximate surface area is 94.8 Å². The molecule has 0 bridgehead atoms. The molecule has 0 aliphatic heterocycles. The van der Waals surface area contributed by atoms with E-state index in [-0.39, 0.29) is 6.07 Å². The van der Waals surface area contributed by atoms with E-state index in [9.17, 15) is 31.5 Å². The second kappa shape index (κ2) is 4.63. The summed E-state index contributed by atoms with van der Waals surface area (Å²) < 4.78 is 63.4. The highest BCUT2D eigenvalue weighted by Crippen LogP contribution is 2.25. The number of hydrogen-bond donors (Lipinski definition) is 2. The molecule has 5 nitrogen and oxygen atoms in total. The Morgan fingerprint density at radius 3 is 2.33 bits per heavy atom. The number of aromatic carboxylic acids is 1. The Kier molecular flexibility index (Phi) is 3.58. The lowest BCUT2D eigenvalue weighted by atomic mass is 10.2. The van der Waals surface area contributed by atoms with Gasteiger partial charge < -0.3 is 14.8 Å². The van der Waals surface area contributed by atoms with Crippen molar-refractivity contribution in [1.82, 2.24) is 4.98 Å². The Hall–Kier alpha value is -2.13. The number of carboxylic acids is 1. The zero-order chi connectivity index (χ0) is 14.1. The summed E-state index contributed by atoms with van der Waals surface area (Å²) in [6, 6.07) is 0.204. The fourth-order valence-corrected chi connectivity index (χ4v) is 1.06. The van der Waals surface area contributed by atoms with E-state index in [2.05, 4.69) is 4.74 Å². The molecule has 0 radical (unpaired) electrons. The summed E-state index contributed by atoms with van der Waals surface area (Å²) in [4.78, 5) is 23.1. The van der Waals surface area contributed by atoms with Crippen LogP contribution in [0.1, 0.15) is 22.5 Å². The Balaban J connectivity index is 3.42. The van der Waals surface area contributed by atoms with E-state index in [0.717, 1.165) is 0 Å². The molecule has 0 aliphatic carbocycles. The summed E-state index contributed by atoms with van der Waals surface area (Å²) in [6.45, 7) is 0. The van der Waals surface area contributed by atoms with Crippen LogP contribution in [0.3, 0.4) is 0 Å². The number of ether oxygens (including phenoxy) is 1. The van der Waals surface area contributed by atoms with Gasteiger partial charge in [0.15, 0.2) is 0 Å². The maximum Gasteiger partial charge on any atom is 0.573 e. The molecule has 1 aromatic rings. The van der Waals surface area contributed by atoms with E-state index >= 15 is 0 Å². The standard InChI is InChI=1S/C8H4F5NO4/c9-5(10)3-1-2(7(16)17)4(6(15)14-3)18-8(11,12)13/h1,5H,(H,14,15)(H,16,17). The molecule has 0 spiro atoms. The number of aromatic amines is 1. The van der Waals surface area contributed by atoms with E-state index < -0.39 is 41.3 Å². The maximum atomic E-state index is 12.2. The lowest BCUT2D eigenvalue weighted by Gasteiger charge is -2.11. The minimum absolute atomic E-state index is 0.204. The van der Waals surface area contributed by atoms with Gasteiger partial charge in [0.05, 0.1) is 5.69 Å². The molecule has 1 heterocycles. The van der Waals surface area contributed by atoms with E-state index in [4.69, 9.17) is 5.11 Å². The lowest BCUT2D eigenvalue weighted by molar-refractivity contribution is -0.275.